The molecule has 4 heteroatoms. The number of aryl methyl sites for hydroxylation is 1. The third kappa shape index (κ3) is 3.47. The van der Waals surface area contributed by atoms with Crippen molar-refractivity contribution in [2.24, 2.45) is 5.73 Å². The molecule has 0 aromatic heterocycles. The van der Waals surface area contributed by atoms with Crippen LogP contribution in [0.25, 0.3) is 0 Å². The summed E-state index contributed by atoms with van der Waals surface area (Å²) in [5.41, 5.74) is 8.87. The van der Waals surface area contributed by atoms with Crippen LogP contribution in [-0.2, 0) is 6.42 Å². The average molecular weight is 298 g/mol. The van der Waals surface area contributed by atoms with Crippen molar-refractivity contribution < 1.29 is 4.39 Å². The van der Waals surface area contributed by atoms with Crippen LogP contribution >= 0.6 is 23.2 Å². The zero-order chi connectivity index (χ0) is 14.0. The maximum atomic E-state index is 13.1. The summed E-state index contributed by atoms with van der Waals surface area (Å²) in [6.45, 7) is 1.85. The van der Waals surface area contributed by atoms with E-state index in [2.05, 4.69) is 0 Å². The Bertz CT molecular complexity index is 599. The summed E-state index contributed by atoms with van der Waals surface area (Å²) in [5, 5.41) is 1.20. The molecule has 0 saturated heterocycles. The van der Waals surface area contributed by atoms with Crippen molar-refractivity contribution in [1.82, 2.24) is 0 Å². The normalized spacial score (nSPS) is 12.5. The van der Waals surface area contributed by atoms with E-state index in [1.165, 1.54) is 12.1 Å². The van der Waals surface area contributed by atoms with Crippen molar-refractivity contribution in [3.63, 3.8) is 0 Å². The molecule has 2 aromatic rings. The first-order valence-corrected chi connectivity index (χ1v) is 6.68. The zero-order valence-corrected chi connectivity index (χ0v) is 12.0. The second-order valence-corrected chi connectivity index (χ2v) is 5.39. The number of nitrogens with two attached hydrogens (primary N) is 1. The molecule has 0 aliphatic carbocycles. The van der Waals surface area contributed by atoms with Crippen molar-refractivity contribution in [3.05, 3.63) is 69.0 Å². The quantitative estimate of drug-likeness (QED) is 0.874. The predicted molar refractivity (Wildman–Crippen MR) is 78.2 cm³/mol. The van der Waals surface area contributed by atoms with Crippen LogP contribution in [0.3, 0.4) is 0 Å². The van der Waals surface area contributed by atoms with Crippen LogP contribution in [0, 0.1) is 12.7 Å². The summed E-state index contributed by atoms with van der Waals surface area (Å²) >= 11 is 12.0. The smallest absolute Gasteiger partial charge is 0.123 e. The van der Waals surface area contributed by atoms with Crippen molar-refractivity contribution in [1.29, 1.82) is 0 Å². The Hall–Kier alpha value is -1.09. The first-order chi connectivity index (χ1) is 8.97. The minimum absolute atomic E-state index is 0.223. The van der Waals surface area contributed by atoms with Gasteiger partial charge in [-0.05, 0) is 54.3 Å². The second-order valence-electron chi connectivity index (χ2n) is 4.55. The minimum atomic E-state index is -0.252. The molecule has 2 N–H and O–H groups in total. The Morgan fingerprint density at radius 2 is 1.89 bits per heavy atom. The van der Waals surface area contributed by atoms with E-state index in [1.54, 1.807) is 18.2 Å². The number of halogens is 3. The lowest BCUT2D eigenvalue weighted by atomic mass is 9.96. The Kier molecular flexibility index (Phi) is 4.46. The van der Waals surface area contributed by atoms with Gasteiger partial charge in [0.05, 0.1) is 0 Å². The maximum absolute atomic E-state index is 13.1. The van der Waals surface area contributed by atoms with Gasteiger partial charge in [0, 0.05) is 16.1 Å². The lowest BCUT2D eigenvalue weighted by Gasteiger charge is -2.16. The van der Waals surface area contributed by atoms with Crippen LogP contribution in [0.1, 0.15) is 22.7 Å². The van der Waals surface area contributed by atoms with Crippen molar-refractivity contribution in [2.45, 2.75) is 19.4 Å². The first-order valence-electron chi connectivity index (χ1n) is 5.93. The van der Waals surface area contributed by atoms with E-state index in [-0.39, 0.29) is 11.9 Å². The molecule has 0 radical (unpaired) electrons. The van der Waals surface area contributed by atoms with Crippen LogP contribution in [-0.4, -0.2) is 0 Å². The molecule has 0 aliphatic rings. The highest BCUT2D eigenvalue weighted by atomic mass is 35.5. The first kappa shape index (κ1) is 14.3. The van der Waals surface area contributed by atoms with Crippen molar-refractivity contribution in [2.75, 3.05) is 0 Å². The fourth-order valence-corrected chi connectivity index (χ4v) is 2.57. The molecule has 0 heterocycles. The highest BCUT2D eigenvalue weighted by molar-refractivity contribution is 6.35. The molecule has 0 spiro atoms. The highest BCUT2D eigenvalue weighted by Crippen LogP contribution is 2.26. The standard InChI is InChI=1S/C15H14Cl2FN/c1-9-6-12(18)4-5-13(9)15(19)7-10-2-3-11(16)8-14(10)17/h2-6,8,15H,7,19H2,1H3. The Morgan fingerprint density at radius 3 is 2.53 bits per heavy atom. The summed E-state index contributed by atoms with van der Waals surface area (Å²) < 4.78 is 13.1. The van der Waals surface area contributed by atoms with Crippen LogP contribution in [0.4, 0.5) is 4.39 Å². The van der Waals surface area contributed by atoms with Crippen LogP contribution in [0.5, 0.6) is 0 Å². The van der Waals surface area contributed by atoms with Gasteiger partial charge in [0.25, 0.3) is 0 Å². The van der Waals surface area contributed by atoms with E-state index in [1.807, 2.05) is 13.0 Å². The summed E-state index contributed by atoms with van der Waals surface area (Å²) in [7, 11) is 0. The van der Waals surface area contributed by atoms with Gasteiger partial charge in [0.1, 0.15) is 5.82 Å². The van der Waals surface area contributed by atoms with Gasteiger partial charge in [-0.15, -0.1) is 0 Å². The molecule has 0 aliphatic heterocycles. The second kappa shape index (κ2) is 5.91. The fraction of sp³-hybridized carbons (Fsp3) is 0.200. The van der Waals surface area contributed by atoms with Gasteiger partial charge in [-0.3, -0.25) is 0 Å². The third-order valence-electron chi connectivity index (χ3n) is 3.09. The fourth-order valence-electron chi connectivity index (χ4n) is 2.09. The molecule has 100 valence electrons. The van der Waals surface area contributed by atoms with Crippen molar-refractivity contribution >= 4 is 23.2 Å². The molecule has 0 fully saturated rings. The van der Waals surface area contributed by atoms with Gasteiger partial charge in [-0.2, -0.15) is 0 Å². The van der Waals surface area contributed by atoms with Gasteiger partial charge in [-0.1, -0.05) is 35.3 Å². The molecular formula is C15H14Cl2FN. The molecule has 19 heavy (non-hydrogen) atoms. The Balaban J connectivity index is 2.23. The summed E-state index contributed by atoms with van der Waals surface area (Å²) in [6, 6.07) is 9.75. The topological polar surface area (TPSA) is 26.0 Å². The molecule has 0 amide bonds. The largest absolute Gasteiger partial charge is 0.324 e. The van der Waals surface area contributed by atoms with Crippen LogP contribution < -0.4 is 5.73 Å². The number of rotatable bonds is 3. The van der Waals surface area contributed by atoms with E-state index in [4.69, 9.17) is 28.9 Å². The minimum Gasteiger partial charge on any atom is -0.324 e. The molecule has 2 aromatic carbocycles. The van der Waals surface area contributed by atoms with Crippen LogP contribution in [0.2, 0.25) is 10.0 Å². The lowest BCUT2D eigenvalue weighted by molar-refractivity contribution is 0.622. The van der Waals surface area contributed by atoms with E-state index in [0.717, 1.165) is 16.7 Å². The van der Waals surface area contributed by atoms with E-state index in [0.29, 0.717) is 16.5 Å². The van der Waals surface area contributed by atoms with E-state index >= 15 is 0 Å². The Morgan fingerprint density at radius 1 is 1.16 bits per heavy atom. The van der Waals surface area contributed by atoms with Gasteiger partial charge in [0.2, 0.25) is 0 Å². The summed E-state index contributed by atoms with van der Waals surface area (Å²) in [5.74, 6) is -0.252. The highest BCUT2D eigenvalue weighted by Gasteiger charge is 2.12. The SMILES string of the molecule is Cc1cc(F)ccc1C(N)Cc1ccc(Cl)cc1Cl. The Labute approximate surface area is 122 Å². The van der Waals surface area contributed by atoms with Crippen molar-refractivity contribution in [3.8, 4) is 0 Å². The van der Waals surface area contributed by atoms with Gasteiger partial charge >= 0.3 is 0 Å². The lowest BCUT2D eigenvalue weighted by Crippen LogP contribution is -2.15. The third-order valence-corrected chi connectivity index (χ3v) is 3.67. The van der Waals surface area contributed by atoms with Gasteiger partial charge in [-0.25, -0.2) is 4.39 Å². The van der Waals surface area contributed by atoms with Gasteiger partial charge < -0.3 is 5.73 Å². The molecule has 0 bridgehead atoms. The molecular weight excluding hydrogens is 284 g/mol. The number of hydrogen-bond donors (Lipinski definition) is 1. The van der Waals surface area contributed by atoms with Crippen LogP contribution in [0.15, 0.2) is 36.4 Å². The molecule has 1 unspecified atom stereocenters. The molecule has 1 nitrogen and oxygen atoms in total. The van der Waals surface area contributed by atoms with E-state index < -0.39 is 0 Å². The monoisotopic (exact) mass is 297 g/mol. The summed E-state index contributed by atoms with van der Waals surface area (Å²) in [6.07, 6.45) is 0.586. The average Bonchev–Trinajstić information content (AvgIpc) is 2.32. The zero-order valence-electron chi connectivity index (χ0n) is 10.5. The molecule has 0 saturated carbocycles. The predicted octanol–water partition coefficient (Wildman–Crippen LogP) is 4.68. The number of hydrogen-bond acceptors (Lipinski definition) is 1. The maximum Gasteiger partial charge on any atom is 0.123 e. The van der Waals surface area contributed by atoms with Gasteiger partial charge in [0.15, 0.2) is 0 Å². The number of benzene rings is 2. The van der Waals surface area contributed by atoms with E-state index in [9.17, 15) is 4.39 Å². The summed E-state index contributed by atoms with van der Waals surface area (Å²) in [4.78, 5) is 0. The molecule has 2 rings (SSSR count). The molecule has 1 atom stereocenters.